The van der Waals surface area contributed by atoms with Crippen LogP contribution in [-0.2, 0) is 9.53 Å². The second kappa shape index (κ2) is 9.59. The zero-order valence-corrected chi connectivity index (χ0v) is 14.1. The number of ether oxygens (including phenoxy) is 1. The van der Waals surface area contributed by atoms with Crippen molar-refractivity contribution in [3.05, 3.63) is 34.9 Å². The van der Waals surface area contributed by atoms with Crippen LogP contribution in [0.15, 0.2) is 34.9 Å². The van der Waals surface area contributed by atoms with E-state index in [1.807, 2.05) is 0 Å². The Morgan fingerprint density at radius 2 is 1.57 bits per heavy atom. The van der Waals surface area contributed by atoms with Crippen LogP contribution in [0.3, 0.4) is 0 Å². The van der Waals surface area contributed by atoms with Gasteiger partial charge in [-0.3, -0.25) is 4.79 Å². The monoisotopic (exact) mass is 290 g/mol. The van der Waals surface area contributed by atoms with Gasteiger partial charge in [0, 0.05) is 6.92 Å². The van der Waals surface area contributed by atoms with Gasteiger partial charge in [0.1, 0.15) is 6.10 Å². The third-order valence-corrected chi connectivity index (χ3v) is 3.91. The van der Waals surface area contributed by atoms with Crippen LogP contribution in [-0.4, -0.2) is 12.1 Å². The van der Waals surface area contributed by atoms with Crippen LogP contribution in [0.2, 0.25) is 0 Å². The van der Waals surface area contributed by atoms with E-state index in [9.17, 15) is 4.79 Å². The summed E-state index contributed by atoms with van der Waals surface area (Å²) >= 11 is 0. The molecule has 1 atom stereocenters. The van der Waals surface area contributed by atoms with Gasteiger partial charge in [-0.05, 0) is 71.8 Å². The zero-order chi connectivity index (χ0) is 15.7. The summed E-state index contributed by atoms with van der Waals surface area (Å²) in [7, 11) is 0. The van der Waals surface area contributed by atoms with Crippen LogP contribution >= 0.6 is 0 Å². The number of carbonyl (C=O) groups is 1. The van der Waals surface area contributed by atoms with Crippen LogP contribution < -0.4 is 0 Å². The van der Waals surface area contributed by atoms with Crippen molar-refractivity contribution in [2.75, 3.05) is 0 Å². The molecule has 0 spiro atoms. The number of esters is 1. The fraction of sp³-hybridized carbons (Fsp3) is 0.632. The van der Waals surface area contributed by atoms with Gasteiger partial charge in [-0.15, -0.1) is 0 Å². The molecule has 1 aliphatic rings. The normalized spacial score (nSPS) is 29.9. The lowest BCUT2D eigenvalue weighted by atomic mass is 10.0. The maximum atomic E-state index is 11.2. The number of carbonyl (C=O) groups excluding carboxylic acids is 1. The average molecular weight is 290 g/mol. The van der Waals surface area contributed by atoms with Gasteiger partial charge in [0.05, 0.1) is 0 Å². The Morgan fingerprint density at radius 3 is 2.19 bits per heavy atom. The maximum absolute atomic E-state index is 11.2. The van der Waals surface area contributed by atoms with E-state index < -0.39 is 0 Å². The SMILES string of the molecule is CC(=O)OC1/C=C(\C)CC/C=C(\C)CC/C=C(\C)CCC1. The highest BCUT2D eigenvalue weighted by Crippen LogP contribution is 2.18. The van der Waals surface area contributed by atoms with Gasteiger partial charge >= 0.3 is 5.97 Å². The first kappa shape index (κ1) is 17.7. The summed E-state index contributed by atoms with van der Waals surface area (Å²) in [6.07, 6.45) is 14.3. The molecule has 1 rings (SSSR count). The molecule has 0 radical (unpaired) electrons. The molecule has 1 aliphatic carbocycles. The summed E-state index contributed by atoms with van der Waals surface area (Å²) in [4.78, 5) is 11.2. The molecule has 0 heterocycles. The molecule has 0 bridgehead atoms. The van der Waals surface area contributed by atoms with Crippen molar-refractivity contribution < 1.29 is 9.53 Å². The standard InChI is InChI=1S/C19H30O2/c1-15-8-5-9-16(2)11-7-13-19(21-18(4)20)14-17(3)12-6-10-15/h9-10,14,19H,5-8,11-13H2,1-4H3/b15-10+,16-9+,17-14+. The lowest BCUT2D eigenvalue weighted by Gasteiger charge is -2.15. The highest BCUT2D eigenvalue weighted by molar-refractivity contribution is 5.66. The van der Waals surface area contributed by atoms with E-state index >= 15 is 0 Å². The molecule has 0 N–H and O–H groups in total. The van der Waals surface area contributed by atoms with E-state index in [2.05, 4.69) is 39.0 Å². The highest BCUT2D eigenvalue weighted by Gasteiger charge is 2.09. The van der Waals surface area contributed by atoms with Gasteiger partial charge in [0.15, 0.2) is 0 Å². The molecule has 0 fully saturated rings. The minimum absolute atomic E-state index is 0.0664. The van der Waals surface area contributed by atoms with E-state index in [1.165, 1.54) is 23.6 Å². The fourth-order valence-corrected chi connectivity index (χ4v) is 2.67. The van der Waals surface area contributed by atoms with Gasteiger partial charge in [0.2, 0.25) is 0 Å². The summed E-state index contributed by atoms with van der Waals surface area (Å²) < 4.78 is 5.43. The number of hydrogen-bond donors (Lipinski definition) is 0. The molecule has 21 heavy (non-hydrogen) atoms. The van der Waals surface area contributed by atoms with E-state index in [4.69, 9.17) is 4.74 Å². The molecule has 0 saturated heterocycles. The molecule has 2 heteroatoms. The Bertz CT molecular complexity index is 427. The lowest BCUT2D eigenvalue weighted by Crippen LogP contribution is -2.14. The Labute approximate surface area is 130 Å². The largest absolute Gasteiger partial charge is 0.458 e. The van der Waals surface area contributed by atoms with Crippen LogP contribution in [0.25, 0.3) is 0 Å². The summed E-state index contributed by atoms with van der Waals surface area (Å²) in [5, 5.41) is 0. The third kappa shape index (κ3) is 8.54. The third-order valence-electron chi connectivity index (χ3n) is 3.91. The van der Waals surface area contributed by atoms with Crippen LogP contribution in [0.4, 0.5) is 0 Å². The molecule has 0 aromatic rings. The maximum Gasteiger partial charge on any atom is 0.303 e. The topological polar surface area (TPSA) is 26.3 Å². The van der Waals surface area contributed by atoms with Crippen molar-refractivity contribution in [2.45, 2.75) is 78.7 Å². The van der Waals surface area contributed by atoms with Crippen molar-refractivity contribution in [3.63, 3.8) is 0 Å². The number of rotatable bonds is 1. The molecule has 118 valence electrons. The molecular weight excluding hydrogens is 260 g/mol. The van der Waals surface area contributed by atoms with Gasteiger partial charge in [-0.25, -0.2) is 0 Å². The van der Waals surface area contributed by atoms with Gasteiger partial charge in [-0.1, -0.05) is 28.9 Å². The van der Waals surface area contributed by atoms with Crippen molar-refractivity contribution in [3.8, 4) is 0 Å². The first-order valence-electron chi connectivity index (χ1n) is 8.13. The summed E-state index contributed by atoms with van der Waals surface area (Å²) in [5.41, 5.74) is 4.23. The van der Waals surface area contributed by atoms with Crippen molar-refractivity contribution in [2.24, 2.45) is 0 Å². The first-order chi connectivity index (χ1) is 9.97. The summed E-state index contributed by atoms with van der Waals surface area (Å²) in [5.74, 6) is -0.187. The van der Waals surface area contributed by atoms with Crippen molar-refractivity contribution in [1.29, 1.82) is 0 Å². The minimum atomic E-state index is -0.187. The first-order valence-corrected chi connectivity index (χ1v) is 8.13. The van der Waals surface area contributed by atoms with E-state index in [0.717, 1.165) is 44.9 Å². The zero-order valence-electron chi connectivity index (χ0n) is 14.1. The Morgan fingerprint density at radius 1 is 1.00 bits per heavy atom. The molecule has 1 unspecified atom stereocenters. The molecule has 0 aromatic carbocycles. The Hall–Kier alpha value is -1.31. The molecule has 0 amide bonds. The predicted octanol–water partition coefficient (Wildman–Crippen LogP) is 5.50. The Balaban J connectivity index is 2.77. The second-order valence-electron chi connectivity index (χ2n) is 6.23. The van der Waals surface area contributed by atoms with Crippen LogP contribution in [0, 0.1) is 0 Å². The molecule has 0 aromatic heterocycles. The second-order valence-corrected chi connectivity index (χ2v) is 6.23. The fourth-order valence-electron chi connectivity index (χ4n) is 2.67. The van der Waals surface area contributed by atoms with Crippen molar-refractivity contribution >= 4 is 5.97 Å². The molecule has 0 aliphatic heterocycles. The predicted molar refractivity (Wildman–Crippen MR) is 89.1 cm³/mol. The molecule has 0 saturated carbocycles. The quantitative estimate of drug-likeness (QED) is 0.470. The van der Waals surface area contributed by atoms with E-state index in [-0.39, 0.29) is 12.1 Å². The molecular formula is C19H30O2. The van der Waals surface area contributed by atoms with Gasteiger partial charge in [-0.2, -0.15) is 0 Å². The van der Waals surface area contributed by atoms with Gasteiger partial charge in [0.25, 0.3) is 0 Å². The number of hydrogen-bond acceptors (Lipinski definition) is 2. The van der Waals surface area contributed by atoms with Crippen molar-refractivity contribution in [1.82, 2.24) is 0 Å². The minimum Gasteiger partial charge on any atom is -0.458 e. The molecule has 2 nitrogen and oxygen atoms in total. The van der Waals surface area contributed by atoms with E-state index in [1.54, 1.807) is 0 Å². The van der Waals surface area contributed by atoms with E-state index in [0.29, 0.717) is 0 Å². The lowest BCUT2D eigenvalue weighted by molar-refractivity contribution is -0.144. The smallest absolute Gasteiger partial charge is 0.303 e. The van der Waals surface area contributed by atoms with Gasteiger partial charge < -0.3 is 4.74 Å². The van der Waals surface area contributed by atoms with Crippen LogP contribution in [0.5, 0.6) is 0 Å². The summed E-state index contributed by atoms with van der Waals surface area (Å²) in [6, 6.07) is 0. The average Bonchev–Trinajstić information content (AvgIpc) is 2.37. The Kier molecular flexibility index (Phi) is 8.11. The van der Waals surface area contributed by atoms with Crippen LogP contribution in [0.1, 0.15) is 72.6 Å². The highest BCUT2D eigenvalue weighted by atomic mass is 16.5. The number of allylic oxidation sites excluding steroid dienone is 5. The summed E-state index contributed by atoms with van der Waals surface area (Å²) in [6.45, 7) is 8.05.